The van der Waals surface area contributed by atoms with E-state index in [1.165, 1.54) is 51.4 Å². The van der Waals surface area contributed by atoms with Crippen LogP contribution in [0.5, 0.6) is 0 Å². The molecule has 9 heteroatoms. The second-order valence-electron chi connectivity index (χ2n) is 9.42. The molecule has 0 aliphatic carbocycles. The molecule has 34 heavy (non-hydrogen) atoms. The Balaban J connectivity index is 4.25. The first kappa shape index (κ1) is 31.7. The van der Waals surface area contributed by atoms with Crippen LogP contribution in [0.2, 0.25) is 0 Å². The molecule has 0 aromatic rings. The lowest BCUT2D eigenvalue weighted by Crippen LogP contribution is -2.53. The maximum Gasteiger partial charge on any atom is 0.326 e. The second kappa shape index (κ2) is 20.1. The molecule has 7 N–H and O–H groups in total. The van der Waals surface area contributed by atoms with E-state index in [-0.39, 0.29) is 30.8 Å². The lowest BCUT2D eigenvalue weighted by molar-refractivity contribution is -0.142. The van der Waals surface area contributed by atoms with Crippen molar-refractivity contribution in [3.05, 3.63) is 0 Å². The van der Waals surface area contributed by atoms with Crippen LogP contribution < -0.4 is 22.1 Å². The number of guanidine groups is 1. The Labute approximate surface area is 205 Å². The van der Waals surface area contributed by atoms with E-state index in [0.29, 0.717) is 12.8 Å². The van der Waals surface area contributed by atoms with E-state index < -0.39 is 24.0 Å². The van der Waals surface area contributed by atoms with E-state index in [2.05, 4.69) is 22.5 Å². The van der Waals surface area contributed by atoms with E-state index in [9.17, 15) is 19.5 Å². The fourth-order valence-electron chi connectivity index (χ4n) is 3.75. The monoisotopic (exact) mass is 483 g/mol. The molecule has 0 aliphatic rings. The number of amides is 2. The lowest BCUT2D eigenvalue weighted by Gasteiger charge is -2.24. The van der Waals surface area contributed by atoms with Crippen LogP contribution in [0.1, 0.15) is 111 Å². The first-order valence-corrected chi connectivity index (χ1v) is 13.1. The minimum absolute atomic E-state index is 0.0590. The highest BCUT2D eigenvalue weighted by atomic mass is 16.4. The third kappa shape index (κ3) is 17.2. The molecule has 9 nitrogen and oxygen atoms in total. The minimum atomic E-state index is -1.13. The standard InChI is InChI=1S/C25H49N5O4/c1-4-5-6-7-8-9-10-11-12-13-14-17-21(31)30-22(19(2)3)23(32)29-20(24(33)34)16-15-18-28-25(26)27/h19-20,22H,4-18H2,1-3H3,(H,29,32)(H,30,31)(H,33,34)(H4,26,27,28)/t20-,22-/m0/s1. The van der Waals surface area contributed by atoms with Gasteiger partial charge in [-0.15, -0.1) is 0 Å². The van der Waals surface area contributed by atoms with Gasteiger partial charge in [0.25, 0.3) is 0 Å². The molecule has 0 aromatic heterocycles. The Bertz CT molecular complexity index is 606. The molecular formula is C25H49N5O4. The van der Waals surface area contributed by atoms with Gasteiger partial charge in [-0.25, -0.2) is 4.79 Å². The molecule has 2 amide bonds. The van der Waals surface area contributed by atoms with Crippen molar-refractivity contribution in [2.24, 2.45) is 22.4 Å². The maximum atomic E-state index is 12.7. The quantitative estimate of drug-likeness (QED) is 0.0954. The van der Waals surface area contributed by atoms with Crippen LogP contribution >= 0.6 is 0 Å². The summed E-state index contributed by atoms with van der Waals surface area (Å²) >= 11 is 0. The molecular weight excluding hydrogens is 434 g/mol. The number of hydrogen-bond acceptors (Lipinski definition) is 4. The molecule has 0 unspecified atom stereocenters. The highest BCUT2D eigenvalue weighted by Crippen LogP contribution is 2.12. The zero-order valence-electron chi connectivity index (χ0n) is 21.6. The summed E-state index contributed by atoms with van der Waals surface area (Å²) in [5.74, 6) is -2.03. The van der Waals surface area contributed by atoms with E-state index in [1.54, 1.807) is 0 Å². The van der Waals surface area contributed by atoms with Gasteiger partial charge in [0, 0.05) is 13.0 Å². The summed E-state index contributed by atoms with van der Waals surface area (Å²) in [6.07, 6.45) is 14.2. The van der Waals surface area contributed by atoms with Gasteiger partial charge in [-0.2, -0.15) is 0 Å². The van der Waals surface area contributed by atoms with Crippen LogP contribution in [0.25, 0.3) is 0 Å². The number of carbonyl (C=O) groups excluding carboxylic acids is 2. The highest BCUT2D eigenvalue weighted by molar-refractivity contribution is 5.90. The lowest BCUT2D eigenvalue weighted by atomic mass is 10.0. The maximum absolute atomic E-state index is 12.7. The van der Waals surface area contributed by atoms with Crippen molar-refractivity contribution in [2.75, 3.05) is 6.54 Å². The first-order valence-electron chi connectivity index (χ1n) is 13.1. The number of nitrogens with zero attached hydrogens (tertiary/aromatic N) is 1. The first-order chi connectivity index (χ1) is 16.2. The van der Waals surface area contributed by atoms with Gasteiger partial charge >= 0.3 is 5.97 Å². The average Bonchev–Trinajstić information content (AvgIpc) is 2.77. The summed E-state index contributed by atoms with van der Waals surface area (Å²) in [7, 11) is 0. The fraction of sp³-hybridized carbons (Fsp3) is 0.840. The van der Waals surface area contributed by atoms with Crippen molar-refractivity contribution < 1.29 is 19.5 Å². The fourth-order valence-corrected chi connectivity index (χ4v) is 3.75. The molecule has 0 spiro atoms. The van der Waals surface area contributed by atoms with Crippen LogP contribution in [0, 0.1) is 5.92 Å². The number of nitrogens with one attached hydrogen (secondary N) is 2. The number of carbonyl (C=O) groups is 3. The van der Waals surface area contributed by atoms with Gasteiger partial charge in [-0.3, -0.25) is 14.6 Å². The number of hydrogen-bond donors (Lipinski definition) is 5. The van der Waals surface area contributed by atoms with Crippen LogP contribution in [-0.4, -0.2) is 47.5 Å². The third-order valence-corrected chi connectivity index (χ3v) is 5.83. The Hall–Kier alpha value is -2.32. The largest absolute Gasteiger partial charge is 0.480 e. The van der Waals surface area contributed by atoms with Gasteiger partial charge in [0.1, 0.15) is 12.1 Å². The van der Waals surface area contributed by atoms with Gasteiger partial charge < -0.3 is 27.2 Å². The minimum Gasteiger partial charge on any atom is -0.480 e. The van der Waals surface area contributed by atoms with Crippen molar-refractivity contribution in [3.8, 4) is 0 Å². The topological polar surface area (TPSA) is 160 Å². The molecule has 198 valence electrons. The zero-order chi connectivity index (χ0) is 25.8. The summed E-state index contributed by atoms with van der Waals surface area (Å²) in [5, 5.41) is 14.7. The van der Waals surface area contributed by atoms with Crippen LogP contribution in [-0.2, 0) is 14.4 Å². The van der Waals surface area contributed by atoms with Crippen LogP contribution in [0.4, 0.5) is 0 Å². The summed E-state index contributed by atoms with van der Waals surface area (Å²) < 4.78 is 0. The van der Waals surface area contributed by atoms with Crippen LogP contribution in [0.3, 0.4) is 0 Å². The Morgan fingerprint density at radius 1 is 0.824 bits per heavy atom. The highest BCUT2D eigenvalue weighted by Gasteiger charge is 2.28. The number of unbranched alkanes of at least 4 members (excludes halogenated alkanes) is 10. The van der Waals surface area contributed by atoms with E-state index in [0.717, 1.165) is 19.3 Å². The van der Waals surface area contributed by atoms with Crippen molar-refractivity contribution in [1.82, 2.24) is 10.6 Å². The Morgan fingerprint density at radius 3 is 1.82 bits per heavy atom. The molecule has 0 saturated carbocycles. The molecule has 2 atom stereocenters. The summed E-state index contributed by atoms with van der Waals surface area (Å²) in [4.78, 5) is 40.4. The number of aliphatic carboxylic acids is 1. The Kier molecular flexibility index (Phi) is 18.7. The molecule has 0 heterocycles. The molecule has 0 aromatic carbocycles. The Morgan fingerprint density at radius 2 is 1.35 bits per heavy atom. The molecule has 0 saturated heterocycles. The van der Waals surface area contributed by atoms with Crippen molar-refractivity contribution in [3.63, 3.8) is 0 Å². The average molecular weight is 484 g/mol. The van der Waals surface area contributed by atoms with Gasteiger partial charge in [0.15, 0.2) is 5.96 Å². The summed E-state index contributed by atoms with van der Waals surface area (Å²) in [6.45, 7) is 6.15. The van der Waals surface area contributed by atoms with Gasteiger partial charge in [0.2, 0.25) is 11.8 Å². The predicted molar refractivity (Wildman–Crippen MR) is 137 cm³/mol. The summed E-state index contributed by atoms with van der Waals surface area (Å²) in [5.41, 5.74) is 10.5. The molecule has 0 rings (SSSR count). The van der Waals surface area contributed by atoms with Crippen molar-refractivity contribution >= 4 is 23.7 Å². The second-order valence-corrected chi connectivity index (χ2v) is 9.42. The zero-order valence-corrected chi connectivity index (χ0v) is 21.6. The SMILES string of the molecule is CCCCCCCCCCCCCC(=O)N[C@H](C(=O)N[C@@H](CCCN=C(N)N)C(=O)O)C(C)C. The van der Waals surface area contributed by atoms with Gasteiger partial charge in [-0.05, 0) is 25.2 Å². The van der Waals surface area contributed by atoms with Gasteiger partial charge in [-0.1, -0.05) is 85.0 Å². The molecule has 0 aliphatic heterocycles. The number of aliphatic imine (C=N–C) groups is 1. The summed E-state index contributed by atoms with van der Waals surface area (Å²) in [6, 6.07) is -1.84. The van der Waals surface area contributed by atoms with Gasteiger partial charge in [0.05, 0.1) is 0 Å². The normalized spacial score (nSPS) is 12.7. The van der Waals surface area contributed by atoms with Crippen LogP contribution in [0.15, 0.2) is 4.99 Å². The number of nitrogens with two attached hydrogens (primary N) is 2. The van der Waals surface area contributed by atoms with E-state index >= 15 is 0 Å². The number of rotatable bonds is 21. The van der Waals surface area contributed by atoms with Crippen molar-refractivity contribution in [2.45, 2.75) is 123 Å². The number of carboxylic acid groups (broad SMARTS) is 1. The molecule has 0 radical (unpaired) electrons. The molecule has 0 fully saturated rings. The third-order valence-electron chi connectivity index (χ3n) is 5.83. The predicted octanol–water partition coefficient (Wildman–Crippen LogP) is 3.45. The van der Waals surface area contributed by atoms with Crippen molar-refractivity contribution in [1.29, 1.82) is 0 Å². The number of carboxylic acids is 1. The molecule has 0 bridgehead atoms. The van der Waals surface area contributed by atoms with E-state index in [4.69, 9.17) is 11.5 Å². The smallest absolute Gasteiger partial charge is 0.326 e. The van der Waals surface area contributed by atoms with E-state index in [1.807, 2.05) is 13.8 Å².